The van der Waals surface area contributed by atoms with Crippen LogP contribution in [0.3, 0.4) is 0 Å². The average Bonchev–Trinajstić information content (AvgIpc) is 3.14. The predicted octanol–water partition coefficient (Wildman–Crippen LogP) is 7.41. The van der Waals surface area contributed by atoms with E-state index in [1.165, 1.54) is 44.1 Å². The van der Waals surface area contributed by atoms with E-state index in [0.29, 0.717) is 35.9 Å². The lowest BCUT2D eigenvalue weighted by Gasteiger charge is -2.60. The monoisotopic (exact) mass is 524 g/mol. The van der Waals surface area contributed by atoms with Crippen LogP contribution < -0.4 is 0 Å². The van der Waals surface area contributed by atoms with Crippen molar-refractivity contribution in [2.45, 2.75) is 109 Å². The molecular weight excluding hydrogens is 480 g/mol. The van der Waals surface area contributed by atoms with Gasteiger partial charge < -0.3 is 0 Å². The van der Waals surface area contributed by atoms with Gasteiger partial charge >= 0.3 is 0 Å². The quantitative estimate of drug-likeness (QED) is 0.304. The molecule has 6 rings (SSSR count). The Bertz CT molecular complexity index is 1220. The molecule has 5 aliphatic carbocycles. The number of Topliss-reactive ketones (excluding diaryl/α,β-unsaturated/α-hetero) is 1. The highest BCUT2D eigenvalue weighted by Crippen LogP contribution is 2.73. The average molecular weight is 525 g/mol. The molecule has 0 aliphatic heterocycles. The molecule has 202 valence electrons. The second kappa shape index (κ2) is 8.78. The smallest absolute Gasteiger partial charge is 0.297 e. The number of aryl methyl sites for hydroxylation is 1. The number of hydrogen-bond acceptors (Lipinski definition) is 4. The van der Waals surface area contributed by atoms with E-state index in [1.54, 1.807) is 12.1 Å². The molecule has 4 saturated carbocycles. The highest BCUT2D eigenvalue weighted by atomic mass is 32.2. The van der Waals surface area contributed by atoms with Crippen LogP contribution in [0.1, 0.15) is 97.0 Å². The molecule has 37 heavy (non-hydrogen) atoms. The third-order valence-corrected chi connectivity index (χ3v) is 13.7. The second-order valence-corrected chi connectivity index (χ2v) is 15.2. The Morgan fingerprint density at radius 2 is 1.73 bits per heavy atom. The predicted molar refractivity (Wildman–Crippen MR) is 145 cm³/mol. The van der Waals surface area contributed by atoms with Crippen molar-refractivity contribution >= 4 is 15.9 Å². The Balaban J connectivity index is 1.24. The van der Waals surface area contributed by atoms with Gasteiger partial charge in [-0.05, 0) is 118 Å². The van der Waals surface area contributed by atoms with Crippen LogP contribution >= 0.6 is 0 Å². The van der Waals surface area contributed by atoms with E-state index in [4.69, 9.17) is 4.18 Å². The first-order chi connectivity index (χ1) is 17.5. The zero-order valence-corrected chi connectivity index (χ0v) is 23.9. The van der Waals surface area contributed by atoms with Crippen LogP contribution in [-0.4, -0.2) is 20.3 Å². The van der Waals surface area contributed by atoms with Gasteiger partial charge in [-0.3, -0.25) is 8.98 Å². The molecular formula is C32H44O4S. The third-order valence-electron chi connectivity index (χ3n) is 12.3. The molecule has 0 saturated heterocycles. The molecule has 0 amide bonds. The maximum Gasteiger partial charge on any atom is 0.297 e. The van der Waals surface area contributed by atoms with Crippen LogP contribution in [0.25, 0.3) is 0 Å². The molecule has 0 bridgehead atoms. The van der Waals surface area contributed by atoms with Crippen molar-refractivity contribution in [2.75, 3.05) is 0 Å². The molecule has 0 heterocycles. The molecule has 8 atom stereocenters. The maximum absolute atomic E-state index is 13.3. The summed E-state index contributed by atoms with van der Waals surface area (Å²) in [6.07, 6.45) is 14.2. The minimum atomic E-state index is -3.76. The van der Waals surface area contributed by atoms with E-state index in [0.717, 1.165) is 31.2 Å². The molecule has 4 nitrogen and oxygen atoms in total. The first-order valence-corrected chi connectivity index (χ1v) is 16.1. The lowest BCUT2D eigenvalue weighted by Crippen LogP contribution is -2.55. The van der Waals surface area contributed by atoms with Crippen molar-refractivity contribution in [3.8, 4) is 0 Å². The van der Waals surface area contributed by atoms with E-state index in [9.17, 15) is 13.2 Å². The Morgan fingerprint density at radius 1 is 0.973 bits per heavy atom. The topological polar surface area (TPSA) is 60.4 Å². The third kappa shape index (κ3) is 3.69. The van der Waals surface area contributed by atoms with Crippen molar-refractivity contribution in [3.05, 3.63) is 41.5 Å². The molecule has 0 spiro atoms. The van der Waals surface area contributed by atoms with Gasteiger partial charge in [0.2, 0.25) is 0 Å². The minimum absolute atomic E-state index is 0.0956. The SMILES string of the molecule is CC(=O)C12CCCC[C@@H]1CC1C3CC=C4CC(OS(=O)(=O)c5ccc(C)cc5)CC[C@]4(C)C3CC[C@@]12C. The molecule has 1 aromatic carbocycles. The molecule has 5 aliphatic rings. The lowest BCUT2D eigenvalue weighted by molar-refractivity contribution is -0.147. The summed E-state index contributed by atoms with van der Waals surface area (Å²) in [5, 5.41) is 0. The molecule has 5 unspecified atom stereocenters. The van der Waals surface area contributed by atoms with Gasteiger partial charge in [-0.25, -0.2) is 0 Å². The minimum Gasteiger partial charge on any atom is -0.299 e. The molecule has 0 radical (unpaired) electrons. The van der Waals surface area contributed by atoms with Crippen LogP contribution in [0, 0.1) is 46.8 Å². The lowest BCUT2D eigenvalue weighted by atomic mass is 9.44. The molecule has 0 N–H and O–H groups in total. The zero-order chi connectivity index (χ0) is 26.2. The summed E-state index contributed by atoms with van der Waals surface area (Å²) in [6, 6.07) is 6.94. The van der Waals surface area contributed by atoms with Crippen molar-refractivity contribution in [1.82, 2.24) is 0 Å². The fraction of sp³-hybridized carbons (Fsp3) is 0.719. The van der Waals surface area contributed by atoms with Crippen molar-refractivity contribution in [3.63, 3.8) is 0 Å². The van der Waals surface area contributed by atoms with Crippen molar-refractivity contribution in [1.29, 1.82) is 0 Å². The summed E-state index contributed by atoms with van der Waals surface area (Å²) in [4.78, 5) is 13.6. The second-order valence-electron chi connectivity index (χ2n) is 13.6. The summed E-state index contributed by atoms with van der Waals surface area (Å²) in [6.45, 7) is 8.79. The molecule has 5 heteroatoms. The van der Waals surface area contributed by atoms with E-state index >= 15 is 0 Å². The summed E-state index contributed by atoms with van der Waals surface area (Å²) in [5.41, 5.74) is 2.61. The maximum atomic E-state index is 13.3. The van der Waals surface area contributed by atoms with Crippen LogP contribution in [0.2, 0.25) is 0 Å². The first-order valence-electron chi connectivity index (χ1n) is 14.7. The highest BCUT2D eigenvalue weighted by molar-refractivity contribution is 7.86. The number of fused-ring (bicyclic) bond motifs is 7. The van der Waals surface area contributed by atoms with Crippen LogP contribution in [0.5, 0.6) is 0 Å². The highest BCUT2D eigenvalue weighted by Gasteiger charge is 2.68. The Kier molecular flexibility index (Phi) is 6.12. The van der Waals surface area contributed by atoms with Gasteiger partial charge in [0.1, 0.15) is 5.78 Å². The van der Waals surface area contributed by atoms with E-state index in [2.05, 4.69) is 19.9 Å². The Hall–Kier alpha value is -1.46. The molecule has 1 aromatic rings. The van der Waals surface area contributed by atoms with Crippen molar-refractivity contribution < 1.29 is 17.4 Å². The molecule has 4 fully saturated rings. The first kappa shape index (κ1) is 25.8. The number of carbonyl (C=O) groups is 1. The van der Waals surface area contributed by atoms with Crippen LogP contribution in [-0.2, 0) is 19.1 Å². The van der Waals surface area contributed by atoms with Crippen LogP contribution in [0.15, 0.2) is 40.8 Å². The number of rotatable bonds is 4. The Labute approximate surface area is 223 Å². The van der Waals surface area contributed by atoms with E-state index < -0.39 is 10.1 Å². The zero-order valence-electron chi connectivity index (χ0n) is 23.1. The van der Waals surface area contributed by atoms with E-state index in [-0.39, 0.29) is 27.2 Å². The van der Waals surface area contributed by atoms with Crippen LogP contribution in [0.4, 0.5) is 0 Å². The Morgan fingerprint density at radius 3 is 2.46 bits per heavy atom. The van der Waals surface area contributed by atoms with Gasteiger partial charge in [-0.1, -0.05) is 56.0 Å². The standard InChI is InChI=1S/C32H44O4S/c1-21-8-11-26(12-9-21)37(34,35)36-25-14-17-30(3)23(19-25)10-13-27-28(30)15-18-31(4)29(27)20-24-7-5-6-16-32(24,31)22(2)33/h8-12,24-25,27-29H,5-7,13-20H2,1-4H3/t24-,25?,27?,28?,29?,30+,31+,32?/m1/s1. The van der Waals surface area contributed by atoms with Gasteiger partial charge in [0, 0.05) is 5.41 Å². The van der Waals surface area contributed by atoms with Gasteiger partial charge in [-0.2, -0.15) is 8.42 Å². The number of allylic oxidation sites excluding steroid dienone is 1. The van der Waals surface area contributed by atoms with E-state index in [1.807, 2.05) is 26.0 Å². The number of ketones is 1. The van der Waals surface area contributed by atoms with Gasteiger partial charge in [-0.15, -0.1) is 0 Å². The number of benzene rings is 1. The largest absolute Gasteiger partial charge is 0.299 e. The van der Waals surface area contributed by atoms with Crippen molar-refractivity contribution in [2.24, 2.45) is 39.9 Å². The van der Waals surface area contributed by atoms with Gasteiger partial charge in [0.05, 0.1) is 11.0 Å². The normalized spacial score (nSPS) is 43.1. The molecule has 0 aromatic heterocycles. The summed E-state index contributed by atoms with van der Waals surface area (Å²) in [5.74, 6) is 2.93. The fourth-order valence-electron chi connectivity index (χ4n) is 10.4. The van der Waals surface area contributed by atoms with Gasteiger partial charge in [0.15, 0.2) is 0 Å². The number of hydrogen-bond donors (Lipinski definition) is 0. The fourth-order valence-corrected chi connectivity index (χ4v) is 11.5. The number of carbonyl (C=O) groups excluding carboxylic acids is 1. The summed E-state index contributed by atoms with van der Waals surface area (Å²) >= 11 is 0. The summed E-state index contributed by atoms with van der Waals surface area (Å²) < 4.78 is 31.8. The summed E-state index contributed by atoms with van der Waals surface area (Å²) in [7, 11) is -3.76. The van der Waals surface area contributed by atoms with Gasteiger partial charge in [0.25, 0.3) is 10.1 Å².